The maximum Gasteiger partial charge on any atom is 0.166 e. The first-order valence-electron chi connectivity index (χ1n) is 7.41. The Hall–Kier alpha value is -0.930. The van der Waals surface area contributed by atoms with Gasteiger partial charge in [0, 0.05) is 23.2 Å². The summed E-state index contributed by atoms with van der Waals surface area (Å²) in [4.78, 5) is 0. The number of benzene rings is 1. The molecule has 0 spiro atoms. The molecular weight excluding hydrogens is 274 g/mol. The molecule has 1 aromatic carbocycles. The zero-order valence-corrected chi connectivity index (χ0v) is 13.1. The maximum atomic E-state index is 6.18. The summed E-state index contributed by atoms with van der Waals surface area (Å²) in [6.45, 7) is 2.66. The normalized spacial score (nSPS) is 22.6. The Morgan fingerprint density at radius 2 is 1.95 bits per heavy atom. The average Bonchev–Trinajstić information content (AvgIpc) is 2.49. The van der Waals surface area contributed by atoms with Crippen molar-refractivity contribution in [2.45, 2.75) is 51.7 Å². The predicted octanol–water partition coefficient (Wildman–Crippen LogP) is 4.15. The Bertz CT molecular complexity index is 417. The van der Waals surface area contributed by atoms with Gasteiger partial charge in [0.2, 0.25) is 0 Å². The van der Waals surface area contributed by atoms with Crippen LogP contribution >= 0.6 is 11.6 Å². The standard InChI is InChI=1S/C16H24ClNO2/c1-3-11-4-6-14(7-5-11)20-16-12(10-18)8-13(17)9-15(16)19-2/h8-9,11,14H,3-7,10,18H2,1-2H3. The van der Waals surface area contributed by atoms with Crippen LogP contribution in [0.1, 0.15) is 44.6 Å². The topological polar surface area (TPSA) is 44.5 Å². The minimum Gasteiger partial charge on any atom is -0.493 e. The lowest BCUT2D eigenvalue weighted by Crippen LogP contribution is -2.24. The van der Waals surface area contributed by atoms with Crippen molar-refractivity contribution in [1.29, 1.82) is 0 Å². The third-order valence-electron chi connectivity index (χ3n) is 4.19. The molecule has 1 aliphatic carbocycles. The van der Waals surface area contributed by atoms with Gasteiger partial charge < -0.3 is 15.2 Å². The van der Waals surface area contributed by atoms with Crippen LogP contribution < -0.4 is 15.2 Å². The molecule has 0 aromatic heterocycles. The van der Waals surface area contributed by atoms with E-state index in [1.165, 1.54) is 19.3 Å². The summed E-state index contributed by atoms with van der Waals surface area (Å²) >= 11 is 6.07. The second kappa shape index (κ2) is 7.19. The van der Waals surface area contributed by atoms with E-state index in [4.69, 9.17) is 26.8 Å². The van der Waals surface area contributed by atoms with Gasteiger partial charge in [-0.05, 0) is 37.7 Å². The molecule has 0 amide bonds. The van der Waals surface area contributed by atoms with Crippen molar-refractivity contribution in [2.75, 3.05) is 7.11 Å². The number of halogens is 1. The van der Waals surface area contributed by atoms with Crippen LogP contribution in [0.2, 0.25) is 5.02 Å². The van der Waals surface area contributed by atoms with Crippen molar-refractivity contribution in [3.63, 3.8) is 0 Å². The molecule has 1 fully saturated rings. The maximum absolute atomic E-state index is 6.18. The van der Waals surface area contributed by atoms with Crippen LogP contribution in [-0.4, -0.2) is 13.2 Å². The van der Waals surface area contributed by atoms with Crippen molar-refractivity contribution in [1.82, 2.24) is 0 Å². The molecular formula is C16H24ClNO2. The number of nitrogens with two attached hydrogens (primary N) is 1. The molecule has 1 aromatic rings. The van der Waals surface area contributed by atoms with Gasteiger partial charge >= 0.3 is 0 Å². The molecule has 112 valence electrons. The van der Waals surface area contributed by atoms with Crippen LogP contribution in [0.5, 0.6) is 11.5 Å². The molecule has 3 nitrogen and oxygen atoms in total. The first kappa shape index (κ1) is 15.5. The van der Waals surface area contributed by atoms with Crippen LogP contribution in [0, 0.1) is 5.92 Å². The Morgan fingerprint density at radius 3 is 2.50 bits per heavy atom. The quantitative estimate of drug-likeness (QED) is 0.888. The highest BCUT2D eigenvalue weighted by molar-refractivity contribution is 6.30. The number of ether oxygens (including phenoxy) is 2. The first-order valence-corrected chi connectivity index (χ1v) is 7.78. The van der Waals surface area contributed by atoms with Gasteiger partial charge in [-0.1, -0.05) is 24.9 Å². The minimum atomic E-state index is 0.262. The lowest BCUT2D eigenvalue weighted by molar-refractivity contribution is 0.125. The van der Waals surface area contributed by atoms with E-state index in [-0.39, 0.29) is 6.10 Å². The Balaban J connectivity index is 2.12. The zero-order chi connectivity index (χ0) is 14.5. The van der Waals surface area contributed by atoms with Crippen molar-refractivity contribution in [3.05, 3.63) is 22.7 Å². The number of rotatable bonds is 5. The number of hydrogen-bond donors (Lipinski definition) is 1. The Kier molecular flexibility index (Phi) is 5.55. The highest BCUT2D eigenvalue weighted by Gasteiger charge is 2.23. The second-order valence-corrected chi connectivity index (χ2v) is 5.91. The van der Waals surface area contributed by atoms with Crippen LogP contribution in [0.15, 0.2) is 12.1 Å². The lowest BCUT2D eigenvalue weighted by Gasteiger charge is -2.29. The summed E-state index contributed by atoms with van der Waals surface area (Å²) in [6.07, 6.45) is 6.23. The fourth-order valence-electron chi connectivity index (χ4n) is 2.88. The van der Waals surface area contributed by atoms with Crippen molar-refractivity contribution in [3.8, 4) is 11.5 Å². The van der Waals surface area contributed by atoms with Crippen LogP contribution in [0.3, 0.4) is 0 Å². The van der Waals surface area contributed by atoms with Crippen molar-refractivity contribution in [2.24, 2.45) is 11.7 Å². The molecule has 0 atom stereocenters. The third kappa shape index (κ3) is 3.58. The van der Waals surface area contributed by atoms with Crippen LogP contribution in [0.25, 0.3) is 0 Å². The molecule has 2 rings (SSSR count). The Morgan fingerprint density at radius 1 is 1.25 bits per heavy atom. The lowest BCUT2D eigenvalue weighted by atomic mass is 9.86. The summed E-state index contributed by atoms with van der Waals surface area (Å²) in [5, 5.41) is 0.629. The molecule has 0 heterocycles. The van der Waals surface area contributed by atoms with Gasteiger partial charge in [0.25, 0.3) is 0 Å². The fraction of sp³-hybridized carbons (Fsp3) is 0.625. The van der Waals surface area contributed by atoms with Gasteiger partial charge in [-0.3, -0.25) is 0 Å². The molecule has 20 heavy (non-hydrogen) atoms. The molecule has 0 radical (unpaired) electrons. The molecule has 0 saturated heterocycles. The summed E-state index contributed by atoms with van der Waals surface area (Å²) in [5.41, 5.74) is 6.71. The summed E-state index contributed by atoms with van der Waals surface area (Å²) in [7, 11) is 1.63. The Labute approximate surface area is 126 Å². The first-order chi connectivity index (χ1) is 9.67. The fourth-order valence-corrected chi connectivity index (χ4v) is 3.12. The van der Waals surface area contributed by atoms with Gasteiger partial charge in [0.05, 0.1) is 13.2 Å². The van der Waals surface area contributed by atoms with E-state index in [1.54, 1.807) is 13.2 Å². The van der Waals surface area contributed by atoms with Gasteiger partial charge in [0.15, 0.2) is 11.5 Å². The largest absolute Gasteiger partial charge is 0.493 e. The van der Waals surface area contributed by atoms with Crippen LogP contribution in [-0.2, 0) is 6.54 Å². The highest BCUT2D eigenvalue weighted by Crippen LogP contribution is 2.37. The summed E-state index contributed by atoms with van der Waals surface area (Å²) in [5.74, 6) is 2.30. The van der Waals surface area contributed by atoms with Crippen molar-refractivity contribution < 1.29 is 9.47 Å². The minimum absolute atomic E-state index is 0.262. The third-order valence-corrected chi connectivity index (χ3v) is 4.41. The van der Waals surface area contributed by atoms with Crippen LogP contribution in [0.4, 0.5) is 0 Å². The molecule has 0 unspecified atom stereocenters. The average molecular weight is 298 g/mol. The predicted molar refractivity (Wildman–Crippen MR) is 82.6 cm³/mol. The van der Waals surface area contributed by atoms with Gasteiger partial charge in [0.1, 0.15) is 0 Å². The molecule has 0 aliphatic heterocycles. The molecule has 1 aliphatic rings. The van der Waals surface area contributed by atoms with E-state index in [1.807, 2.05) is 6.07 Å². The molecule has 0 bridgehead atoms. The summed E-state index contributed by atoms with van der Waals surface area (Å²) in [6, 6.07) is 3.64. The van der Waals surface area contributed by atoms with Gasteiger partial charge in [-0.25, -0.2) is 0 Å². The van der Waals surface area contributed by atoms with E-state index in [9.17, 15) is 0 Å². The second-order valence-electron chi connectivity index (χ2n) is 5.47. The smallest absolute Gasteiger partial charge is 0.166 e. The van der Waals surface area contributed by atoms with E-state index >= 15 is 0 Å². The number of methoxy groups -OCH3 is 1. The number of hydrogen-bond acceptors (Lipinski definition) is 3. The molecule has 4 heteroatoms. The highest BCUT2D eigenvalue weighted by atomic mass is 35.5. The SMILES string of the molecule is CCC1CCC(Oc2c(CN)cc(Cl)cc2OC)CC1. The van der Waals surface area contributed by atoms with Gasteiger partial charge in [-0.15, -0.1) is 0 Å². The summed E-state index contributed by atoms with van der Waals surface area (Å²) < 4.78 is 11.6. The molecule has 1 saturated carbocycles. The van der Waals surface area contributed by atoms with Crippen molar-refractivity contribution >= 4 is 11.6 Å². The van der Waals surface area contributed by atoms with Gasteiger partial charge in [-0.2, -0.15) is 0 Å². The van der Waals surface area contributed by atoms with E-state index in [0.717, 1.165) is 30.1 Å². The van der Waals surface area contributed by atoms with E-state index in [0.29, 0.717) is 17.3 Å². The van der Waals surface area contributed by atoms with E-state index in [2.05, 4.69) is 6.92 Å². The van der Waals surface area contributed by atoms with E-state index < -0.39 is 0 Å². The zero-order valence-electron chi connectivity index (χ0n) is 12.3. The monoisotopic (exact) mass is 297 g/mol. The molecule has 2 N–H and O–H groups in total.